The first-order valence-electron chi connectivity index (χ1n) is 3.39. The Labute approximate surface area is 77.7 Å². The van der Waals surface area contributed by atoms with Gasteiger partial charge in [-0.3, -0.25) is 0 Å². The Morgan fingerprint density at radius 2 is 2.15 bits per heavy atom. The number of nitrogens with zero attached hydrogens (tertiary/aromatic N) is 1. The molecule has 0 fully saturated rings. The first-order chi connectivity index (χ1) is 5.97. The zero-order valence-corrected chi connectivity index (χ0v) is 7.15. The van der Waals surface area contributed by atoms with Gasteiger partial charge in [0.1, 0.15) is 11.7 Å². The van der Waals surface area contributed by atoms with E-state index < -0.39 is 12.7 Å². The van der Waals surface area contributed by atoms with E-state index in [1.807, 2.05) is 0 Å². The summed E-state index contributed by atoms with van der Waals surface area (Å²) in [5, 5.41) is 2.34. The van der Waals surface area contributed by atoms with Crippen molar-refractivity contribution in [2.45, 2.75) is 6.18 Å². The van der Waals surface area contributed by atoms with E-state index in [-0.39, 0.29) is 5.15 Å². The maximum absolute atomic E-state index is 11.7. The highest BCUT2D eigenvalue weighted by atomic mass is 35.5. The molecule has 6 heteroatoms. The number of rotatable bonds is 2. The molecule has 13 heavy (non-hydrogen) atoms. The number of anilines is 1. The molecule has 72 valence electrons. The lowest BCUT2D eigenvalue weighted by molar-refractivity contribution is -0.115. The summed E-state index contributed by atoms with van der Waals surface area (Å²) in [6.07, 6.45) is -2.89. The van der Waals surface area contributed by atoms with Crippen LogP contribution in [0.25, 0.3) is 0 Å². The van der Waals surface area contributed by atoms with Crippen LogP contribution < -0.4 is 5.32 Å². The van der Waals surface area contributed by atoms with Gasteiger partial charge in [-0.25, -0.2) is 4.98 Å². The third-order valence-electron chi connectivity index (χ3n) is 1.22. The largest absolute Gasteiger partial charge is 0.405 e. The average Bonchev–Trinajstić information content (AvgIpc) is 2.00. The third kappa shape index (κ3) is 3.98. The lowest BCUT2D eigenvalue weighted by Gasteiger charge is -2.08. The highest BCUT2D eigenvalue weighted by Gasteiger charge is 2.26. The van der Waals surface area contributed by atoms with Crippen molar-refractivity contribution in [2.24, 2.45) is 0 Å². The van der Waals surface area contributed by atoms with Gasteiger partial charge in [-0.1, -0.05) is 11.6 Å². The molecule has 0 radical (unpaired) electrons. The SMILES string of the molecule is FC(F)(F)CNc1ccnc(Cl)c1. The minimum Gasteiger partial charge on any atom is -0.376 e. The van der Waals surface area contributed by atoms with Crippen molar-refractivity contribution in [3.63, 3.8) is 0 Å². The van der Waals surface area contributed by atoms with Gasteiger partial charge in [0.2, 0.25) is 0 Å². The molecule has 0 spiro atoms. The van der Waals surface area contributed by atoms with Crippen LogP contribution in [-0.4, -0.2) is 17.7 Å². The van der Waals surface area contributed by atoms with Crippen molar-refractivity contribution in [1.29, 1.82) is 0 Å². The molecule has 1 N–H and O–H groups in total. The van der Waals surface area contributed by atoms with Crippen molar-refractivity contribution in [3.8, 4) is 0 Å². The van der Waals surface area contributed by atoms with E-state index in [0.29, 0.717) is 5.69 Å². The fraction of sp³-hybridized carbons (Fsp3) is 0.286. The molecule has 1 aromatic heterocycles. The van der Waals surface area contributed by atoms with Crippen LogP contribution in [-0.2, 0) is 0 Å². The van der Waals surface area contributed by atoms with Crippen molar-refractivity contribution in [2.75, 3.05) is 11.9 Å². The van der Waals surface area contributed by atoms with Gasteiger partial charge in [0, 0.05) is 11.9 Å². The number of pyridine rings is 1. The van der Waals surface area contributed by atoms with Gasteiger partial charge in [0.25, 0.3) is 0 Å². The van der Waals surface area contributed by atoms with Gasteiger partial charge in [-0.05, 0) is 12.1 Å². The fourth-order valence-electron chi connectivity index (χ4n) is 0.715. The summed E-state index contributed by atoms with van der Waals surface area (Å²) in [7, 11) is 0. The molecule has 2 nitrogen and oxygen atoms in total. The number of hydrogen-bond acceptors (Lipinski definition) is 2. The standard InChI is InChI=1S/C7H6ClF3N2/c8-6-3-5(1-2-12-6)13-4-7(9,10)11/h1-3H,4H2,(H,12,13). The van der Waals surface area contributed by atoms with Gasteiger partial charge in [-0.15, -0.1) is 0 Å². The number of nitrogens with one attached hydrogen (secondary N) is 1. The lowest BCUT2D eigenvalue weighted by Crippen LogP contribution is -2.21. The monoisotopic (exact) mass is 210 g/mol. The van der Waals surface area contributed by atoms with Crippen LogP contribution in [0.4, 0.5) is 18.9 Å². The Morgan fingerprint density at radius 1 is 1.46 bits per heavy atom. The predicted octanol–water partition coefficient (Wildman–Crippen LogP) is 2.71. The molecule has 0 aromatic carbocycles. The molecule has 0 amide bonds. The van der Waals surface area contributed by atoms with Gasteiger partial charge in [0.15, 0.2) is 0 Å². The number of aromatic nitrogens is 1. The van der Waals surface area contributed by atoms with Crippen LogP contribution in [0.5, 0.6) is 0 Å². The molecule has 0 aliphatic rings. The van der Waals surface area contributed by atoms with Crippen LogP contribution in [0, 0.1) is 0 Å². The van der Waals surface area contributed by atoms with Gasteiger partial charge in [0.05, 0.1) is 0 Å². The number of hydrogen-bond donors (Lipinski definition) is 1. The maximum Gasteiger partial charge on any atom is 0.405 e. The maximum atomic E-state index is 11.7. The van der Waals surface area contributed by atoms with E-state index in [1.54, 1.807) is 0 Å². The normalized spacial score (nSPS) is 11.4. The molecule has 1 rings (SSSR count). The van der Waals surface area contributed by atoms with E-state index in [4.69, 9.17) is 11.6 Å². The Bertz CT molecular complexity index is 287. The molecule has 0 saturated carbocycles. The summed E-state index contributed by atoms with van der Waals surface area (Å²) < 4.78 is 35.2. The highest BCUT2D eigenvalue weighted by Crippen LogP contribution is 2.17. The average molecular weight is 211 g/mol. The summed E-state index contributed by atoms with van der Waals surface area (Å²) in [5.41, 5.74) is 0.303. The van der Waals surface area contributed by atoms with Gasteiger partial charge < -0.3 is 5.32 Å². The van der Waals surface area contributed by atoms with E-state index in [0.717, 1.165) is 0 Å². The van der Waals surface area contributed by atoms with Crippen molar-refractivity contribution in [3.05, 3.63) is 23.5 Å². The molecule has 0 aliphatic carbocycles. The molecular formula is C7H6ClF3N2. The Kier molecular flexibility index (Phi) is 2.98. The quantitative estimate of drug-likeness (QED) is 0.760. The molecular weight excluding hydrogens is 205 g/mol. The Morgan fingerprint density at radius 3 is 2.69 bits per heavy atom. The van der Waals surface area contributed by atoms with E-state index in [2.05, 4.69) is 10.3 Å². The topological polar surface area (TPSA) is 24.9 Å². The first-order valence-corrected chi connectivity index (χ1v) is 3.77. The minimum absolute atomic E-state index is 0.159. The predicted molar refractivity (Wildman–Crippen MR) is 43.8 cm³/mol. The smallest absolute Gasteiger partial charge is 0.376 e. The Balaban J connectivity index is 2.55. The van der Waals surface area contributed by atoms with Crippen LogP contribution in [0.3, 0.4) is 0 Å². The molecule has 0 aliphatic heterocycles. The highest BCUT2D eigenvalue weighted by molar-refractivity contribution is 6.29. The molecule has 1 heterocycles. The molecule has 0 bridgehead atoms. The minimum atomic E-state index is -4.23. The van der Waals surface area contributed by atoms with Crippen LogP contribution in [0.2, 0.25) is 5.15 Å². The van der Waals surface area contributed by atoms with Crippen molar-refractivity contribution < 1.29 is 13.2 Å². The molecule has 0 unspecified atom stereocenters. The zero-order valence-electron chi connectivity index (χ0n) is 6.40. The summed E-state index contributed by atoms with van der Waals surface area (Å²) in [6, 6.07) is 2.74. The van der Waals surface area contributed by atoms with Crippen LogP contribution in [0.1, 0.15) is 0 Å². The third-order valence-corrected chi connectivity index (χ3v) is 1.43. The summed E-state index contributed by atoms with van der Waals surface area (Å²) in [6.45, 7) is -1.08. The second kappa shape index (κ2) is 3.83. The lowest BCUT2D eigenvalue weighted by atomic mass is 10.4. The van der Waals surface area contributed by atoms with Crippen LogP contribution >= 0.6 is 11.6 Å². The number of alkyl halides is 3. The summed E-state index contributed by atoms with van der Waals surface area (Å²) >= 11 is 5.46. The van der Waals surface area contributed by atoms with Crippen LogP contribution in [0.15, 0.2) is 18.3 Å². The zero-order chi connectivity index (χ0) is 9.90. The Hall–Kier alpha value is -0.970. The first kappa shape index (κ1) is 10.1. The van der Waals surface area contributed by atoms with E-state index in [1.165, 1.54) is 18.3 Å². The van der Waals surface area contributed by atoms with E-state index in [9.17, 15) is 13.2 Å². The molecule has 0 atom stereocenters. The van der Waals surface area contributed by atoms with Gasteiger partial charge in [-0.2, -0.15) is 13.2 Å². The second-order valence-electron chi connectivity index (χ2n) is 2.34. The fourth-order valence-corrected chi connectivity index (χ4v) is 0.889. The van der Waals surface area contributed by atoms with Crippen molar-refractivity contribution in [1.82, 2.24) is 4.98 Å². The van der Waals surface area contributed by atoms with E-state index >= 15 is 0 Å². The molecule has 0 saturated heterocycles. The second-order valence-corrected chi connectivity index (χ2v) is 2.72. The summed E-state index contributed by atoms with van der Waals surface area (Å²) in [4.78, 5) is 3.63. The number of halogens is 4. The van der Waals surface area contributed by atoms with Crippen molar-refractivity contribution >= 4 is 17.3 Å². The van der Waals surface area contributed by atoms with Gasteiger partial charge >= 0.3 is 6.18 Å². The summed E-state index contributed by atoms with van der Waals surface area (Å²) in [5.74, 6) is 0. The molecule has 1 aromatic rings.